The van der Waals surface area contributed by atoms with E-state index in [0.717, 1.165) is 51.4 Å². The number of halogens is 1. The van der Waals surface area contributed by atoms with Crippen molar-refractivity contribution in [2.45, 2.75) is 18.6 Å². The van der Waals surface area contributed by atoms with E-state index < -0.39 is 0 Å². The van der Waals surface area contributed by atoms with Crippen LogP contribution in [0.1, 0.15) is 15.4 Å². The average molecular weight is 476 g/mol. The van der Waals surface area contributed by atoms with Gasteiger partial charge in [-0.3, -0.25) is 9.20 Å². The maximum absolute atomic E-state index is 13.2. The summed E-state index contributed by atoms with van der Waals surface area (Å²) in [5.41, 5.74) is 4.86. The number of thioether (sulfide) groups is 1. The van der Waals surface area contributed by atoms with E-state index in [0.29, 0.717) is 9.84 Å². The van der Waals surface area contributed by atoms with E-state index in [1.807, 2.05) is 48.0 Å². The van der Waals surface area contributed by atoms with E-state index in [9.17, 15) is 9.18 Å². The molecule has 0 spiro atoms. The number of benzene rings is 2. The number of amides is 1. The van der Waals surface area contributed by atoms with E-state index in [2.05, 4.69) is 14.9 Å². The van der Waals surface area contributed by atoms with Crippen molar-refractivity contribution in [2.24, 2.45) is 0 Å². The number of para-hydroxylation sites is 1. The zero-order valence-corrected chi connectivity index (χ0v) is 19.2. The minimum atomic E-state index is -0.283. The predicted octanol–water partition coefficient (Wildman–Crippen LogP) is 5.73. The number of nitrogens with one attached hydrogen (secondary N) is 1. The smallest absolute Gasteiger partial charge is 0.267 e. The molecule has 4 heterocycles. The molecule has 0 fully saturated rings. The average Bonchev–Trinajstić information content (AvgIpc) is 3.56. The van der Waals surface area contributed by atoms with Crippen LogP contribution in [-0.4, -0.2) is 30.6 Å². The fraction of sp³-hybridized carbons (Fsp3) is 0.125. The maximum Gasteiger partial charge on any atom is 0.267 e. The number of anilines is 1. The van der Waals surface area contributed by atoms with Crippen molar-refractivity contribution in [1.82, 2.24) is 18.9 Å². The highest BCUT2D eigenvalue weighted by molar-refractivity contribution is 7.99. The van der Waals surface area contributed by atoms with Crippen LogP contribution in [0.2, 0.25) is 0 Å². The zero-order valence-electron chi connectivity index (χ0n) is 17.6. The molecule has 0 saturated heterocycles. The Hall–Kier alpha value is -3.43. The Labute approximate surface area is 197 Å². The molecule has 9 heteroatoms. The number of hydrogen-bond acceptors (Lipinski definition) is 5. The Morgan fingerprint density at radius 1 is 1.06 bits per heavy atom. The van der Waals surface area contributed by atoms with Gasteiger partial charge in [-0.05, 0) is 37.3 Å². The van der Waals surface area contributed by atoms with Gasteiger partial charge < -0.3 is 9.88 Å². The first kappa shape index (κ1) is 20.2. The van der Waals surface area contributed by atoms with Gasteiger partial charge in [-0.1, -0.05) is 41.3 Å². The van der Waals surface area contributed by atoms with Crippen LogP contribution in [0, 0.1) is 12.7 Å². The Morgan fingerprint density at radius 2 is 1.88 bits per heavy atom. The van der Waals surface area contributed by atoms with Gasteiger partial charge >= 0.3 is 0 Å². The highest BCUT2D eigenvalue weighted by Crippen LogP contribution is 2.33. The van der Waals surface area contributed by atoms with Gasteiger partial charge in [0.05, 0.1) is 17.1 Å². The number of aromatic nitrogens is 4. The Kier molecular flexibility index (Phi) is 4.81. The number of hydrogen-bond donors (Lipinski definition) is 1. The molecule has 0 unspecified atom stereocenters. The summed E-state index contributed by atoms with van der Waals surface area (Å²) >= 11 is 3.08. The molecule has 1 aliphatic heterocycles. The standard InChI is InChI=1S/C24H18FN5OS2/c1-14-21(33-24-27-19(13-30(14)24)15-6-8-16(25)9-7-15)22(31)26-18-5-3-2-4-17(18)20-12-29-10-11-32-23(29)28-20/h2-9,12-13H,10-11H2,1H3,(H,26,31). The second-order valence-electron chi connectivity index (χ2n) is 7.75. The first-order chi connectivity index (χ1) is 16.1. The van der Waals surface area contributed by atoms with Crippen LogP contribution < -0.4 is 5.32 Å². The van der Waals surface area contributed by atoms with Gasteiger partial charge in [0.25, 0.3) is 5.91 Å². The second-order valence-corrected chi connectivity index (χ2v) is 9.79. The minimum absolute atomic E-state index is 0.181. The fourth-order valence-electron chi connectivity index (χ4n) is 3.95. The summed E-state index contributed by atoms with van der Waals surface area (Å²) in [6, 6.07) is 14.0. The van der Waals surface area contributed by atoms with Gasteiger partial charge in [0, 0.05) is 41.5 Å². The van der Waals surface area contributed by atoms with E-state index in [-0.39, 0.29) is 11.7 Å². The highest BCUT2D eigenvalue weighted by atomic mass is 32.2. The highest BCUT2D eigenvalue weighted by Gasteiger charge is 2.21. The largest absolute Gasteiger partial charge is 0.325 e. The first-order valence-electron chi connectivity index (χ1n) is 10.4. The molecule has 2 aromatic carbocycles. The number of imidazole rings is 2. The third-order valence-electron chi connectivity index (χ3n) is 5.66. The van der Waals surface area contributed by atoms with Gasteiger partial charge in [-0.15, -0.1) is 0 Å². The number of nitrogens with zero attached hydrogens (tertiary/aromatic N) is 4. The van der Waals surface area contributed by atoms with E-state index in [1.165, 1.54) is 23.5 Å². The zero-order chi connectivity index (χ0) is 22.5. The van der Waals surface area contributed by atoms with Gasteiger partial charge in [-0.2, -0.15) is 0 Å². The minimum Gasteiger partial charge on any atom is -0.325 e. The molecule has 6 rings (SSSR count). The molecule has 0 aliphatic carbocycles. The summed E-state index contributed by atoms with van der Waals surface area (Å²) < 4.78 is 17.3. The quantitative estimate of drug-likeness (QED) is 0.360. The third-order valence-corrected chi connectivity index (χ3v) is 7.78. The number of carbonyl (C=O) groups excluding carboxylic acids is 1. The molecule has 1 aliphatic rings. The Morgan fingerprint density at radius 3 is 2.67 bits per heavy atom. The van der Waals surface area contributed by atoms with Crippen LogP contribution in [0.4, 0.5) is 10.1 Å². The van der Waals surface area contributed by atoms with Gasteiger partial charge in [0.1, 0.15) is 10.7 Å². The van der Waals surface area contributed by atoms with Crippen LogP contribution in [-0.2, 0) is 6.54 Å². The van der Waals surface area contributed by atoms with Crippen molar-refractivity contribution in [1.29, 1.82) is 0 Å². The molecular formula is C24H18FN5OS2. The van der Waals surface area contributed by atoms with Crippen molar-refractivity contribution < 1.29 is 9.18 Å². The Balaban J connectivity index is 1.30. The molecule has 164 valence electrons. The molecule has 0 saturated carbocycles. The molecule has 0 radical (unpaired) electrons. The van der Waals surface area contributed by atoms with Crippen molar-refractivity contribution in [2.75, 3.05) is 11.1 Å². The lowest BCUT2D eigenvalue weighted by Gasteiger charge is -2.09. The van der Waals surface area contributed by atoms with Gasteiger partial charge in [0.15, 0.2) is 10.1 Å². The van der Waals surface area contributed by atoms with Crippen molar-refractivity contribution in [3.63, 3.8) is 0 Å². The van der Waals surface area contributed by atoms with Gasteiger partial charge in [0.2, 0.25) is 0 Å². The molecule has 1 amide bonds. The fourth-order valence-corrected chi connectivity index (χ4v) is 5.90. The molecule has 6 nitrogen and oxygen atoms in total. The van der Waals surface area contributed by atoms with Crippen molar-refractivity contribution in [3.05, 3.63) is 77.3 Å². The maximum atomic E-state index is 13.2. The number of aryl methyl sites for hydroxylation is 2. The summed E-state index contributed by atoms with van der Waals surface area (Å²) in [6.07, 6.45) is 3.92. The lowest BCUT2D eigenvalue weighted by atomic mass is 10.1. The van der Waals surface area contributed by atoms with Crippen molar-refractivity contribution >= 4 is 39.7 Å². The third kappa shape index (κ3) is 3.53. The molecule has 5 aromatic rings. The second kappa shape index (κ2) is 7.86. The van der Waals surface area contributed by atoms with Crippen LogP contribution in [0.25, 0.3) is 27.5 Å². The SMILES string of the molecule is Cc1c(C(=O)Nc2ccccc2-c2cn3c(n2)SCC3)sc2nc(-c3ccc(F)cc3)cn12. The predicted molar refractivity (Wildman–Crippen MR) is 130 cm³/mol. The number of carbonyl (C=O) groups is 1. The monoisotopic (exact) mass is 475 g/mol. The summed E-state index contributed by atoms with van der Waals surface area (Å²) in [5, 5.41) is 4.08. The topological polar surface area (TPSA) is 64.2 Å². The number of rotatable bonds is 4. The first-order valence-corrected chi connectivity index (χ1v) is 12.2. The number of thiazole rings is 1. The van der Waals surface area contributed by atoms with Crippen LogP contribution >= 0.6 is 23.1 Å². The summed E-state index contributed by atoms with van der Waals surface area (Å²) in [4.78, 5) is 23.9. The van der Waals surface area contributed by atoms with Crippen molar-refractivity contribution in [3.8, 4) is 22.5 Å². The van der Waals surface area contributed by atoms with Crippen LogP contribution in [0.15, 0.2) is 66.1 Å². The summed E-state index contributed by atoms with van der Waals surface area (Å²) in [6.45, 7) is 2.85. The lowest BCUT2D eigenvalue weighted by molar-refractivity contribution is 0.102. The van der Waals surface area contributed by atoms with E-state index >= 15 is 0 Å². The summed E-state index contributed by atoms with van der Waals surface area (Å²) in [7, 11) is 0. The van der Waals surface area contributed by atoms with E-state index in [4.69, 9.17) is 4.98 Å². The summed E-state index contributed by atoms with van der Waals surface area (Å²) in [5.74, 6) is 0.581. The Bertz CT molecular complexity index is 1490. The molecule has 0 atom stereocenters. The number of fused-ring (bicyclic) bond motifs is 2. The molecular weight excluding hydrogens is 457 g/mol. The molecule has 33 heavy (non-hydrogen) atoms. The van der Waals surface area contributed by atoms with Crippen LogP contribution in [0.3, 0.4) is 0 Å². The molecule has 3 aromatic heterocycles. The van der Waals surface area contributed by atoms with Crippen LogP contribution in [0.5, 0.6) is 0 Å². The lowest BCUT2D eigenvalue weighted by Crippen LogP contribution is -2.12. The molecule has 0 bridgehead atoms. The van der Waals surface area contributed by atoms with E-state index in [1.54, 1.807) is 23.9 Å². The molecule has 1 N–H and O–H groups in total. The normalized spacial score (nSPS) is 12.9. The van der Waals surface area contributed by atoms with Gasteiger partial charge in [-0.25, -0.2) is 14.4 Å².